The van der Waals surface area contributed by atoms with Crippen LogP contribution in [0.25, 0.3) is 39.2 Å². The molecule has 0 amide bonds. The number of thiophene rings is 1. The normalized spacial score (nSPS) is 19.4. The average Bonchev–Trinajstić information content (AvgIpc) is 3.75. The molecule has 6 aromatic rings. The van der Waals surface area contributed by atoms with Crippen molar-refractivity contribution in [2.45, 2.75) is 31.2 Å². The van der Waals surface area contributed by atoms with Crippen LogP contribution in [-0.4, -0.2) is 15.6 Å². The predicted octanol–water partition coefficient (Wildman–Crippen LogP) is 9.81. The largest absolute Gasteiger partial charge is 0.332 e. The van der Waals surface area contributed by atoms with Gasteiger partial charge in [-0.2, -0.15) is 0 Å². The molecule has 0 fully saturated rings. The number of benzene rings is 4. The van der Waals surface area contributed by atoms with E-state index < -0.39 is 0 Å². The highest BCUT2D eigenvalue weighted by atomic mass is 32.1. The van der Waals surface area contributed by atoms with E-state index in [2.05, 4.69) is 150 Å². The van der Waals surface area contributed by atoms with Gasteiger partial charge >= 0.3 is 0 Å². The van der Waals surface area contributed by atoms with Gasteiger partial charge in [-0.05, 0) is 70.1 Å². The minimum Gasteiger partial charge on any atom is -0.332 e. The van der Waals surface area contributed by atoms with Gasteiger partial charge in [0.15, 0.2) is 0 Å². The molecule has 4 aromatic carbocycles. The van der Waals surface area contributed by atoms with Gasteiger partial charge in [0.25, 0.3) is 0 Å². The molecule has 0 radical (unpaired) electrons. The smallest absolute Gasteiger partial charge is 0.145 e. The van der Waals surface area contributed by atoms with E-state index in [4.69, 9.17) is 4.98 Å². The maximum atomic E-state index is 5.06. The van der Waals surface area contributed by atoms with Crippen LogP contribution in [0.4, 0.5) is 11.4 Å². The summed E-state index contributed by atoms with van der Waals surface area (Å²) in [7, 11) is 0. The molecule has 202 valence electrons. The van der Waals surface area contributed by atoms with E-state index in [9.17, 15) is 0 Å². The van der Waals surface area contributed by atoms with Crippen molar-refractivity contribution >= 4 is 33.7 Å². The van der Waals surface area contributed by atoms with Crippen LogP contribution in [0, 0.1) is 0 Å². The molecule has 0 bridgehead atoms. The molecule has 0 saturated carbocycles. The number of para-hydroxylation sites is 3. The Morgan fingerprint density at radius 2 is 1.52 bits per heavy atom. The number of fused-ring (bicyclic) bond motifs is 6. The molecule has 2 aromatic heterocycles. The van der Waals surface area contributed by atoms with Gasteiger partial charge in [0.2, 0.25) is 0 Å². The Balaban J connectivity index is 1.12. The number of aromatic nitrogens is 2. The van der Waals surface area contributed by atoms with Crippen LogP contribution in [0.15, 0.2) is 132 Å². The van der Waals surface area contributed by atoms with Crippen molar-refractivity contribution in [3.63, 3.8) is 0 Å². The van der Waals surface area contributed by atoms with Crippen molar-refractivity contribution in [1.82, 2.24) is 9.55 Å². The molecule has 2 atom stereocenters. The van der Waals surface area contributed by atoms with Crippen molar-refractivity contribution < 1.29 is 0 Å². The highest BCUT2D eigenvalue weighted by Crippen LogP contribution is 2.60. The van der Waals surface area contributed by atoms with Gasteiger partial charge in [-0.3, -0.25) is 4.57 Å². The molecule has 42 heavy (non-hydrogen) atoms. The minimum absolute atomic E-state index is 0.0463. The van der Waals surface area contributed by atoms with Gasteiger partial charge < -0.3 is 4.90 Å². The summed E-state index contributed by atoms with van der Waals surface area (Å²) in [5.74, 6) is 1.32. The van der Waals surface area contributed by atoms with Gasteiger partial charge in [0.1, 0.15) is 5.82 Å². The topological polar surface area (TPSA) is 21.1 Å². The molecule has 4 heterocycles. The fourth-order valence-corrected chi connectivity index (χ4v) is 8.47. The lowest BCUT2D eigenvalue weighted by Crippen LogP contribution is -2.44. The zero-order chi connectivity index (χ0) is 28.0. The summed E-state index contributed by atoms with van der Waals surface area (Å²) in [6, 6.07) is 37.5. The molecule has 3 aliphatic rings. The van der Waals surface area contributed by atoms with E-state index in [1.165, 1.54) is 38.5 Å². The number of rotatable bonds is 3. The Labute approximate surface area is 249 Å². The summed E-state index contributed by atoms with van der Waals surface area (Å²) in [6.07, 6.45) is 7.05. The number of anilines is 2. The fraction of sp³-hybridized carbons (Fsp3) is 0.132. The quantitative estimate of drug-likeness (QED) is 0.215. The van der Waals surface area contributed by atoms with E-state index in [1.807, 2.05) is 11.3 Å². The predicted molar refractivity (Wildman–Crippen MR) is 175 cm³/mol. The van der Waals surface area contributed by atoms with Crippen molar-refractivity contribution in [2.75, 3.05) is 4.90 Å². The Hall–Kier alpha value is -4.67. The summed E-state index contributed by atoms with van der Waals surface area (Å²) in [6.45, 7) is 4.79. The lowest BCUT2D eigenvalue weighted by Gasteiger charge is -2.45. The maximum Gasteiger partial charge on any atom is 0.145 e. The van der Waals surface area contributed by atoms with Crippen molar-refractivity contribution in [3.05, 3.63) is 143 Å². The highest BCUT2D eigenvalue weighted by molar-refractivity contribution is 7.10. The third-order valence-corrected chi connectivity index (χ3v) is 10.6. The van der Waals surface area contributed by atoms with Crippen molar-refractivity contribution in [2.24, 2.45) is 0 Å². The fourth-order valence-electron chi connectivity index (χ4n) is 7.44. The van der Waals surface area contributed by atoms with Gasteiger partial charge in [-0.25, -0.2) is 4.98 Å². The van der Waals surface area contributed by atoms with Gasteiger partial charge in [0.05, 0.1) is 22.8 Å². The second-order valence-electron chi connectivity index (χ2n) is 12.1. The van der Waals surface area contributed by atoms with E-state index >= 15 is 0 Å². The molecule has 9 rings (SSSR count). The second kappa shape index (κ2) is 8.67. The van der Waals surface area contributed by atoms with Gasteiger partial charge in [-0.15, -0.1) is 11.3 Å². The molecule has 0 saturated heterocycles. The molecule has 1 aliphatic carbocycles. The van der Waals surface area contributed by atoms with Crippen LogP contribution >= 0.6 is 11.3 Å². The maximum absolute atomic E-state index is 5.06. The number of nitrogens with zero attached hydrogens (tertiary/aromatic N) is 3. The number of hydrogen-bond donors (Lipinski definition) is 0. The van der Waals surface area contributed by atoms with Gasteiger partial charge in [-0.1, -0.05) is 92.7 Å². The standard InChI is InChI=1S/C38H29N3S/c1-38(2)30-12-8-11-28-29-23-26(19-20-32(29)41(35(28)30)34-21-22-42-36(34)38)24-15-17-25(18-16-24)37-39-31-13-6-7-14-33(31)40(37)27-9-4-3-5-10-27/h3-23,28,35H,1-2H3. The van der Waals surface area contributed by atoms with E-state index in [-0.39, 0.29) is 5.41 Å². The van der Waals surface area contributed by atoms with Crippen LogP contribution in [0.2, 0.25) is 0 Å². The summed E-state index contributed by atoms with van der Waals surface area (Å²) >= 11 is 1.89. The monoisotopic (exact) mass is 559 g/mol. The molecule has 0 N–H and O–H groups in total. The first-order valence-corrected chi connectivity index (χ1v) is 15.5. The lowest BCUT2D eigenvalue weighted by molar-refractivity contribution is 0.523. The van der Waals surface area contributed by atoms with Crippen LogP contribution in [0.3, 0.4) is 0 Å². The molecule has 4 heteroatoms. The van der Waals surface area contributed by atoms with Crippen LogP contribution < -0.4 is 4.90 Å². The molecular formula is C38H29N3S. The zero-order valence-corrected chi connectivity index (χ0v) is 24.3. The summed E-state index contributed by atoms with van der Waals surface area (Å²) < 4.78 is 2.26. The molecule has 0 spiro atoms. The number of hydrogen-bond acceptors (Lipinski definition) is 3. The third-order valence-electron chi connectivity index (χ3n) is 9.42. The molecule has 3 nitrogen and oxygen atoms in total. The molecular weight excluding hydrogens is 531 g/mol. The third kappa shape index (κ3) is 3.24. The number of allylic oxidation sites excluding steroid dienone is 2. The second-order valence-corrected chi connectivity index (χ2v) is 13.0. The van der Waals surface area contributed by atoms with Crippen LogP contribution in [-0.2, 0) is 5.41 Å². The van der Waals surface area contributed by atoms with E-state index in [0.29, 0.717) is 12.0 Å². The molecule has 2 unspecified atom stereocenters. The first kappa shape index (κ1) is 24.0. The Morgan fingerprint density at radius 3 is 2.38 bits per heavy atom. The Kier molecular flexibility index (Phi) is 4.95. The summed E-state index contributed by atoms with van der Waals surface area (Å²) in [4.78, 5) is 9.13. The van der Waals surface area contributed by atoms with E-state index in [0.717, 1.165) is 28.1 Å². The lowest BCUT2D eigenvalue weighted by atomic mass is 9.70. The Bertz CT molecular complexity index is 2070. The van der Waals surface area contributed by atoms with Crippen LogP contribution in [0.5, 0.6) is 0 Å². The highest BCUT2D eigenvalue weighted by Gasteiger charge is 2.51. The van der Waals surface area contributed by atoms with E-state index in [1.54, 1.807) is 0 Å². The van der Waals surface area contributed by atoms with Crippen molar-refractivity contribution in [1.29, 1.82) is 0 Å². The first-order valence-electron chi connectivity index (χ1n) is 14.6. The Morgan fingerprint density at radius 1 is 0.762 bits per heavy atom. The molecule has 2 aliphatic heterocycles. The summed E-state index contributed by atoms with van der Waals surface area (Å²) in [5, 5.41) is 2.26. The summed E-state index contributed by atoms with van der Waals surface area (Å²) in [5.41, 5.74) is 12.5. The number of imidazole rings is 1. The van der Waals surface area contributed by atoms with Crippen LogP contribution in [0.1, 0.15) is 30.2 Å². The first-order chi connectivity index (χ1) is 20.6. The average molecular weight is 560 g/mol. The SMILES string of the molecule is CC1(C)C2=CC=CC3c4cc(-c5ccc(-c6nc7ccccc7n6-c6ccccc6)cc5)ccc4N(c4ccsc41)C23. The minimum atomic E-state index is 0.0463. The van der Waals surface area contributed by atoms with Gasteiger partial charge in [0, 0.05) is 33.1 Å². The van der Waals surface area contributed by atoms with Crippen molar-refractivity contribution in [3.8, 4) is 28.2 Å². The zero-order valence-electron chi connectivity index (χ0n) is 23.5.